The van der Waals surface area contributed by atoms with Gasteiger partial charge >= 0.3 is 5.97 Å². The second-order valence-corrected chi connectivity index (χ2v) is 4.98. The molecule has 1 saturated heterocycles. The Hall–Kier alpha value is -1.88. The van der Waals surface area contributed by atoms with Gasteiger partial charge in [0.05, 0.1) is 12.7 Å². The van der Waals surface area contributed by atoms with E-state index in [1.807, 2.05) is 0 Å². The van der Waals surface area contributed by atoms with Gasteiger partial charge in [-0.2, -0.15) is 0 Å². The topological polar surface area (TPSA) is 55.8 Å². The third-order valence-corrected chi connectivity index (χ3v) is 3.33. The first-order valence-corrected chi connectivity index (χ1v) is 7.10. The number of carboxylic acid groups (broad SMARTS) is 1. The quantitative estimate of drug-likeness (QED) is 0.619. The molecule has 0 spiro atoms. The Morgan fingerprint density at radius 2 is 2.38 bits per heavy atom. The first-order chi connectivity index (χ1) is 10.1. The fraction of sp³-hybridized carbons (Fsp3) is 0.438. The Kier molecular flexibility index (Phi) is 5.75. The summed E-state index contributed by atoms with van der Waals surface area (Å²) < 4.78 is 24.4. The number of ether oxygens (including phenoxy) is 2. The number of carbonyl (C=O) groups is 1. The molecule has 0 bridgehead atoms. The van der Waals surface area contributed by atoms with Crippen LogP contribution < -0.4 is 4.74 Å². The molecule has 0 aromatic heterocycles. The van der Waals surface area contributed by atoms with Crippen LogP contribution in [0.3, 0.4) is 0 Å². The van der Waals surface area contributed by atoms with Gasteiger partial charge in [-0.25, -0.2) is 9.18 Å². The summed E-state index contributed by atoms with van der Waals surface area (Å²) in [4.78, 5) is 10.5. The highest BCUT2D eigenvalue weighted by molar-refractivity contribution is 5.85. The van der Waals surface area contributed by atoms with Crippen molar-refractivity contribution in [1.29, 1.82) is 0 Å². The maximum atomic E-state index is 13.2. The second-order valence-electron chi connectivity index (χ2n) is 4.98. The molecule has 2 rings (SSSR count). The van der Waals surface area contributed by atoms with Gasteiger partial charge in [-0.15, -0.1) is 0 Å². The van der Waals surface area contributed by atoms with Gasteiger partial charge in [0, 0.05) is 18.2 Å². The van der Waals surface area contributed by atoms with E-state index >= 15 is 0 Å². The molecular weight excluding hydrogens is 275 g/mol. The molecule has 1 aromatic rings. The highest BCUT2D eigenvalue weighted by Gasteiger charge is 2.14. The summed E-state index contributed by atoms with van der Waals surface area (Å²) in [7, 11) is 0. The van der Waals surface area contributed by atoms with Crippen LogP contribution in [0.2, 0.25) is 0 Å². The van der Waals surface area contributed by atoms with E-state index in [0.717, 1.165) is 38.4 Å². The summed E-state index contributed by atoms with van der Waals surface area (Å²) in [6.45, 7) is 1.34. The van der Waals surface area contributed by atoms with Crippen molar-refractivity contribution in [3.63, 3.8) is 0 Å². The maximum Gasteiger partial charge on any atom is 0.328 e. The van der Waals surface area contributed by atoms with Crippen LogP contribution in [0.1, 0.15) is 31.2 Å². The van der Waals surface area contributed by atoms with E-state index in [2.05, 4.69) is 0 Å². The normalized spacial score (nSPS) is 18.2. The van der Waals surface area contributed by atoms with E-state index in [9.17, 15) is 9.18 Å². The van der Waals surface area contributed by atoms with Crippen LogP contribution in [0.25, 0.3) is 6.08 Å². The van der Waals surface area contributed by atoms with Crippen molar-refractivity contribution >= 4 is 12.0 Å². The number of halogens is 1. The highest BCUT2D eigenvalue weighted by Crippen LogP contribution is 2.22. The average Bonchev–Trinajstić information content (AvgIpc) is 2.96. The fourth-order valence-electron chi connectivity index (χ4n) is 2.31. The number of aliphatic carboxylic acids is 1. The van der Waals surface area contributed by atoms with Crippen molar-refractivity contribution in [3.8, 4) is 5.75 Å². The first kappa shape index (κ1) is 15.5. The lowest BCUT2D eigenvalue weighted by Gasteiger charge is -2.11. The molecule has 1 aliphatic rings. The van der Waals surface area contributed by atoms with E-state index in [4.69, 9.17) is 14.6 Å². The van der Waals surface area contributed by atoms with Crippen LogP contribution in [0, 0.1) is 5.82 Å². The summed E-state index contributed by atoms with van der Waals surface area (Å²) >= 11 is 0. The number of hydrogen-bond acceptors (Lipinski definition) is 3. The summed E-state index contributed by atoms with van der Waals surface area (Å²) in [5.41, 5.74) is 0.425. The molecule has 5 heteroatoms. The summed E-state index contributed by atoms with van der Waals surface area (Å²) in [5, 5.41) is 8.64. The predicted molar refractivity (Wildman–Crippen MR) is 76.8 cm³/mol. The van der Waals surface area contributed by atoms with Crippen molar-refractivity contribution in [2.24, 2.45) is 0 Å². The van der Waals surface area contributed by atoms with Crippen molar-refractivity contribution in [3.05, 3.63) is 35.7 Å². The summed E-state index contributed by atoms with van der Waals surface area (Å²) in [5.74, 6) is -1.02. The number of rotatable bonds is 7. The Labute approximate surface area is 123 Å². The van der Waals surface area contributed by atoms with Crippen LogP contribution in [0.4, 0.5) is 4.39 Å². The lowest BCUT2D eigenvalue weighted by Crippen LogP contribution is -2.08. The molecule has 0 saturated carbocycles. The molecule has 1 unspecified atom stereocenters. The van der Waals surface area contributed by atoms with Crippen molar-refractivity contribution in [1.82, 2.24) is 0 Å². The molecule has 1 atom stereocenters. The van der Waals surface area contributed by atoms with Crippen LogP contribution in [0.15, 0.2) is 24.3 Å². The molecule has 1 N–H and O–H groups in total. The summed E-state index contributed by atoms with van der Waals surface area (Å²) in [6.07, 6.45) is 6.64. The van der Waals surface area contributed by atoms with Gasteiger partial charge < -0.3 is 14.6 Å². The molecule has 1 aliphatic heterocycles. The van der Waals surface area contributed by atoms with Gasteiger partial charge in [-0.05, 0) is 50.0 Å². The largest absolute Gasteiger partial charge is 0.493 e. The maximum absolute atomic E-state index is 13.2. The number of carboxylic acids is 1. The molecule has 1 fully saturated rings. The van der Waals surface area contributed by atoms with E-state index < -0.39 is 11.8 Å². The second kappa shape index (κ2) is 7.78. The Morgan fingerprint density at radius 1 is 1.52 bits per heavy atom. The number of benzene rings is 1. The fourth-order valence-corrected chi connectivity index (χ4v) is 2.31. The van der Waals surface area contributed by atoms with E-state index in [0.29, 0.717) is 24.0 Å². The molecule has 0 amide bonds. The van der Waals surface area contributed by atoms with E-state index in [1.165, 1.54) is 24.3 Å². The smallest absolute Gasteiger partial charge is 0.328 e. The third-order valence-electron chi connectivity index (χ3n) is 3.33. The molecule has 0 aliphatic carbocycles. The number of hydrogen-bond donors (Lipinski definition) is 1. The van der Waals surface area contributed by atoms with E-state index in [-0.39, 0.29) is 0 Å². The molecule has 1 aromatic carbocycles. The molecule has 114 valence electrons. The van der Waals surface area contributed by atoms with Gasteiger partial charge in [0.2, 0.25) is 0 Å². The molecule has 4 nitrogen and oxygen atoms in total. The minimum absolute atomic E-state index is 0.327. The monoisotopic (exact) mass is 294 g/mol. The SMILES string of the molecule is O=C(O)/C=C/c1cc(F)ccc1OCCCC1CCCO1. The van der Waals surface area contributed by atoms with Gasteiger partial charge in [0.25, 0.3) is 0 Å². The lowest BCUT2D eigenvalue weighted by atomic mass is 10.1. The zero-order chi connectivity index (χ0) is 15.1. The van der Waals surface area contributed by atoms with Gasteiger partial charge in [0.15, 0.2) is 0 Å². The van der Waals surface area contributed by atoms with Crippen molar-refractivity contribution in [2.45, 2.75) is 31.8 Å². The summed E-state index contributed by atoms with van der Waals surface area (Å²) in [6, 6.07) is 4.07. The lowest BCUT2D eigenvalue weighted by molar-refractivity contribution is -0.131. The van der Waals surface area contributed by atoms with Gasteiger partial charge in [-0.3, -0.25) is 0 Å². The standard InChI is InChI=1S/C16H19FO4/c17-13-6-7-15(12(11-13)5-8-16(18)19)21-10-2-4-14-3-1-9-20-14/h5-8,11,14H,1-4,9-10H2,(H,18,19)/b8-5+. The van der Waals surface area contributed by atoms with Crippen LogP contribution in [-0.4, -0.2) is 30.4 Å². The first-order valence-electron chi connectivity index (χ1n) is 7.10. The highest BCUT2D eigenvalue weighted by atomic mass is 19.1. The minimum atomic E-state index is -1.08. The van der Waals surface area contributed by atoms with Crippen LogP contribution >= 0.6 is 0 Å². The third kappa shape index (κ3) is 5.19. The van der Waals surface area contributed by atoms with Crippen LogP contribution in [-0.2, 0) is 9.53 Å². The van der Waals surface area contributed by atoms with Crippen LogP contribution in [0.5, 0.6) is 5.75 Å². The predicted octanol–water partition coefficient (Wildman–Crippen LogP) is 3.26. The van der Waals surface area contributed by atoms with Crippen molar-refractivity contribution in [2.75, 3.05) is 13.2 Å². The minimum Gasteiger partial charge on any atom is -0.493 e. The molecular formula is C16H19FO4. The molecule has 0 radical (unpaired) electrons. The Bertz CT molecular complexity index is 507. The molecule has 21 heavy (non-hydrogen) atoms. The Morgan fingerprint density at radius 3 is 3.10 bits per heavy atom. The molecule has 1 heterocycles. The van der Waals surface area contributed by atoms with Crippen molar-refractivity contribution < 1.29 is 23.8 Å². The van der Waals surface area contributed by atoms with Gasteiger partial charge in [-0.1, -0.05) is 0 Å². The average molecular weight is 294 g/mol. The zero-order valence-corrected chi connectivity index (χ0v) is 11.8. The Balaban J connectivity index is 1.87. The van der Waals surface area contributed by atoms with Gasteiger partial charge in [0.1, 0.15) is 11.6 Å². The zero-order valence-electron chi connectivity index (χ0n) is 11.8. The van der Waals surface area contributed by atoms with E-state index in [1.54, 1.807) is 0 Å².